The first-order valence-electron chi connectivity index (χ1n) is 15.0. The normalized spacial score (nSPS) is 42.6. The second-order valence-electron chi connectivity index (χ2n) is 14.0. The molecule has 0 radical (unpaired) electrons. The molecule has 0 N–H and O–H groups in total. The molecule has 34 heavy (non-hydrogen) atoms. The van der Waals surface area contributed by atoms with Crippen molar-refractivity contribution in [2.45, 2.75) is 116 Å². The van der Waals surface area contributed by atoms with E-state index in [-0.39, 0.29) is 0 Å². The van der Waals surface area contributed by atoms with Crippen molar-refractivity contribution in [1.82, 2.24) is 0 Å². The Labute approximate surface area is 218 Å². The Morgan fingerprint density at radius 1 is 0.824 bits per heavy atom. The summed E-state index contributed by atoms with van der Waals surface area (Å²) in [5.41, 5.74) is 1.30. The topological polar surface area (TPSA) is 0 Å². The molecule has 0 nitrogen and oxygen atoms in total. The minimum atomic E-state index is 0.647. The average Bonchev–Trinajstić information content (AvgIpc) is 3.17. The molecular formula is C33H52Se. The molecule has 0 amide bonds. The molecule has 190 valence electrons. The molecule has 4 saturated carbocycles. The van der Waals surface area contributed by atoms with Crippen LogP contribution >= 0.6 is 0 Å². The van der Waals surface area contributed by atoms with E-state index in [1.165, 1.54) is 51.4 Å². The van der Waals surface area contributed by atoms with Crippen LogP contribution in [0.25, 0.3) is 0 Å². The van der Waals surface area contributed by atoms with E-state index in [4.69, 9.17) is 0 Å². The second-order valence-corrected chi connectivity index (χ2v) is 16.9. The van der Waals surface area contributed by atoms with Crippen LogP contribution < -0.4 is 4.46 Å². The fourth-order valence-corrected chi connectivity index (χ4v) is 12.7. The van der Waals surface area contributed by atoms with Crippen molar-refractivity contribution < 1.29 is 0 Å². The van der Waals surface area contributed by atoms with Crippen LogP contribution in [0.3, 0.4) is 0 Å². The van der Waals surface area contributed by atoms with Crippen molar-refractivity contribution >= 4 is 19.4 Å². The van der Waals surface area contributed by atoms with E-state index in [1.54, 1.807) is 30.1 Å². The molecule has 0 bridgehead atoms. The Balaban J connectivity index is 1.24. The van der Waals surface area contributed by atoms with Crippen molar-refractivity contribution in [3.8, 4) is 0 Å². The van der Waals surface area contributed by atoms with Gasteiger partial charge in [-0.2, -0.15) is 0 Å². The van der Waals surface area contributed by atoms with E-state index in [2.05, 4.69) is 65.0 Å². The van der Waals surface area contributed by atoms with Gasteiger partial charge < -0.3 is 0 Å². The van der Waals surface area contributed by atoms with Gasteiger partial charge in [0.25, 0.3) is 0 Å². The molecule has 0 aromatic heterocycles. The first-order chi connectivity index (χ1) is 16.3. The fraction of sp³-hybridized carbons (Fsp3) is 0.818. The van der Waals surface area contributed by atoms with Crippen molar-refractivity contribution in [3.63, 3.8) is 0 Å². The summed E-state index contributed by atoms with van der Waals surface area (Å²) in [6.45, 7) is 12.9. The van der Waals surface area contributed by atoms with Gasteiger partial charge in [-0.1, -0.05) is 20.3 Å². The van der Waals surface area contributed by atoms with Gasteiger partial charge in [0.1, 0.15) is 0 Å². The van der Waals surface area contributed by atoms with Crippen LogP contribution in [0.2, 0.25) is 4.82 Å². The van der Waals surface area contributed by atoms with Crippen LogP contribution in [0.1, 0.15) is 112 Å². The van der Waals surface area contributed by atoms with Crippen LogP contribution in [-0.2, 0) is 0 Å². The Morgan fingerprint density at radius 3 is 2.32 bits per heavy atom. The molecule has 1 aromatic carbocycles. The van der Waals surface area contributed by atoms with Crippen molar-refractivity contribution in [2.24, 2.45) is 52.3 Å². The van der Waals surface area contributed by atoms with Crippen LogP contribution in [0, 0.1) is 52.3 Å². The number of rotatable bonds is 7. The molecule has 9 atom stereocenters. The van der Waals surface area contributed by atoms with Gasteiger partial charge >= 0.3 is 192 Å². The van der Waals surface area contributed by atoms with Crippen molar-refractivity contribution in [2.75, 3.05) is 0 Å². The monoisotopic (exact) mass is 528 g/mol. The molecular weight excluding hydrogens is 475 g/mol. The Hall–Kier alpha value is -0.261. The molecule has 0 spiro atoms. The minimum absolute atomic E-state index is 0.647. The summed E-state index contributed by atoms with van der Waals surface area (Å²) in [6.07, 6.45) is 18.2. The molecule has 4 aliphatic rings. The molecule has 0 saturated heterocycles. The molecule has 4 aliphatic carbocycles. The first-order valence-corrected chi connectivity index (χ1v) is 16.9. The predicted molar refractivity (Wildman–Crippen MR) is 149 cm³/mol. The van der Waals surface area contributed by atoms with Gasteiger partial charge in [-0.25, -0.2) is 0 Å². The van der Waals surface area contributed by atoms with Crippen molar-refractivity contribution in [3.05, 3.63) is 30.3 Å². The van der Waals surface area contributed by atoms with E-state index in [0.29, 0.717) is 25.8 Å². The summed E-state index contributed by atoms with van der Waals surface area (Å²) in [6, 6.07) is 11.4. The molecule has 1 unspecified atom stereocenters. The Bertz CT molecular complexity index is 800. The van der Waals surface area contributed by atoms with Crippen LogP contribution in [0.4, 0.5) is 0 Å². The summed E-state index contributed by atoms with van der Waals surface area (Å²) in [7, 11) is 0. The SMILES string of the molecule is CC(C)CCC[C@@H](C)[C@H]1CC[C@H]2[C@@H]3CC[C@H]4CC([Se]c5ccccc5)CC[C@]4(C)[C@H]3CC[C@]12C. The number of benzene rings is 1. The van der Waals surface area contributed by atoms with Crippen molar-refractivity contribution in [1.29, 1.82) is 0 Å². The quantitative estimate of drug-likeness (QED) is 0.311. The summed E-state index contributed by atoms with van der Waals surface area (Å²) in [5.74, 6) is 6.93. The van der Waals surface area contributed by atoms with E-state index in [0.717, 1.165) is 46.2 Å². The zero-order valence-electron chi connectivity index (χ0n) is 22.9. The zero-order chi connectivity index (χ0) is 23.9. The molecule has 0 aliphatic heterocycles. The van der Waals surface area contributed by atoms with Gasteiger partial charge in [-0.05, 0) is 5.92 Å². The molecule has 1 heteroatoms. The summed E-state index contributed by atoms with van der Waals surface area (Å²) < 4.78 is 1.63. The fourth-order valence-electron chi connectivity index (χ4n) is 10.0. The van der Waals surface area contributed by atoms with Crippen LogP contribution in [0.5, 0.6) is 0 Å². The Kier molecular flexibility index (Phi) is 7.65. The Morgan fingerprint density at radius 2 is 1.56 bits per heavy atom. The predicted octanol–water partition coefficient (Wildman–Crippen LogP) is 8.93. The second kappa shape index (κ2) is 10.2. The van der Waals surface area contributed by atoms with E-state index < -0.39 is 0 Å². The molecule has 0 heterocycles. The first kappa shape index (κ1) is 25.4. The molecule has 5 rings (SSSR count). The van der Waals surface area contributed by atoms with Crippen LogP contribution in [0.15, 0.2) is 30.3 Å². The third-order valence-electron chi connectivity index (χ3n) is 11.9. The third kappa shape index (κ3) is 4.72. The van der Waals surface area contributed by atoms with E-state index in [9.17, 15) is 0 Å². The van der Waals surface area contributed by atoms with Gasteiger partial charge in [-0.15, -0.1) is 0 Å². The molecule has 1 aromatic rings. The maximum absolute atomic E-state index is 2.77. The summed E-state index contributed by atoms with van der Waals surface area (Å²) in [5, 5.41) is 0. The summed E-state index contributed by atoms with van der Waals surface area (Å²) in [4.78, 5) is 0.987. The third-order valence-corrected chi connectivity index (χ3v) is 14.6. The van der Waals surface area contributed by atoms with Gasteiger partial charge in [0, 0.05) is 0 Å². The maximum atomic E-state index is 2.77. The van der Waals surface area contributed by atoms with E-state index >= 15 is 0 Å². The van der Waals surface area contributed by atoms with Gasteiger partial charge in [0.05, 0.1) is 0 Å². The number of hydrogen-bond acceptors (Lipinski definition) is 0. The summed E-state index contributed by atoms with van der Waals surface area (Å²) >= 11 is 0.676. The zero-order valence-corrected chi connectivity index (χ0v) is 24.6. The van der Waals surface area contributed by atoms with E-state index in [1.807, 2.05) is 0 Å². The number of hydrogen-bond donors (Lipinski definition) is 0. The molecule has 4 fully saturated rings. The van der Waals surface area contributed by atoms with Gasteiger partial charge in [0.2, 0.25) is 0 Å². The van der Waals surface area contributed by atoms with Crippen LogP contribution in [-0.4, -0.2) is 15.0 Å². The standard InChI is InChI=1S/C33H52Se/c1-23(2)10-9-11-24(3)29-16-17-30-28-15-14-25-22-27(34-26-12-7-6-8-13-26)18-20-32(25,4)31(28)19-21-33(29,30)5/h6-8,12-13,23-25,27-31H,9-11,14-22H2,1-5H3/t24-,25+,27?,28+,29-,30+,31+,32+,33-/m1/s1. The van der Waals surface area contributed by atoms with Gasteiger partial charge in [0.15, 0.2) is 0 Å². The van der Waals surface area contributed by atoms with Gasteiger partial charge in [-0.3, -0.25) is 0 Å². The average molecular weight is 528 g/mol. The number of fused-ring (bicyclic) bond motifs is 5.